The minimum atomic E-state index is -0.630. The molecule has 2 aromatic rings. The van der Waals surface area contributed by atoms with Crippen molar-refractivity contribution >= 4 is 23.2 Å². The third kappa shape index (κ3) is 2.80. The van der Waals surface area contributed by atoms with Crippen LogP contribution in [-0.2, 0) is 0 Å². The molecule has 2 rings (SSSR count). The molecule has 0 radical (unpaired) electrons. The van der Waals surface area contributed by atoms with Crippen LogP contribution in [0.3, 0.4) is 0 Å². The first kappa shape index (κ1) is 14.1. The molecule has 1 atom stereocenters. The molecule has 0 saturated heterocycles. The van der Waals surface area contributed by atoms with E-state index in [9.17, 15) is 14.9 Å². The molecule has 0 spiro atoms. The van der Waals surface area contributed by atoms with Crippen molar-refractivity contribution in [1.29, 1.82) is 0 Å². The zero-order chi connectivity index (χ0) is 14.7. The van der Waals surface area contributed by atoms with Gasteiger partial charge in [-0.2, -0.15) is 0 Å². The monoisotopic (exact) mass is 294 g/mol. The lowest BCUT2D eigenvalue weighted by atomic mass is 10.1. The van der Waals surface area contributed by atoms with Crippen molar-refractivity contribution in [2.45, 2.75) is 13.0 Å². The van der Waals surface area contributed by atoms with Crippen LogP contribution in [0, 0.1) is 10.1 Å². The van der Waals surface area contributed by atoms with Crippen LogP contribution >= 0.6 is 11.6 Å². The van der Waals surface area contributed by atoms with Crippen LogP contribution in [0.25, 0.3) is 0 Å². The first-order valence-electron chi connectivity index (χ1n) is 5.78. The van der Waals surface area contributed by atoms with Gasteiger partial charge in [-0.15, -0.1) is 0 Å². The molecular weight excluding hydrogens is 284 g/mol. The number of furan rings is 1. The number of amides is 1. The standard InChI is InChI=1S/C13H11ClN2O4/c1-8(11-6-3-7-20-11)15-13(17)9-4-2-5-10(12(9)14)16(18)19/h2-8H,1H3,(H,15,17). The molecule has 0 aliphatic carbocycles. The number of halogens is 1. The van der Waals surface area contributed by atoms with Crippen LogP contribution in [0.1, 0.15) is 29.1 Å². The van der Waals surface area contributed by atoms with Crippen LogP contribution in [-0.4, -0.2) is 10.8 Å². The van der Waals surface area contributed by atoms with Gasteiger partial charge in [0.05, 0.1) is 22.8 Å². The maximum absolute atomic E-state index is 12.1. The molecule has 1 unspecified atom stereocenters. The second-order valence-corrected chi connectivity index (χ2v) is 4.48. The van der Waals surface area contributed by atoms with Gasteiger partial charge >= 0.3 is 0 Å². The topological polar surface area (TPSA) is 85.4 Å². The average molecular weight is 295 g/mol. The molecule has 7 heteroatoms. The molecular formula is C13H11ClN2O4. The van der Waals surface area contributed by atoms with Gasteiger partial charge in [-0.1, -0.05) is 17.7 Å². The van der Waals surface area contributed by atoms with Gasteiger partial charge in [0.1, 0.15) is 10.8 Å². The summed E-state index contributed by atoms with van der Waals surface area (Å²) in [5.74, 6) is 0.0857. The average Bonchev–Trinajstić information content (AvgIpc) is 2.92. The lowest BCUT2D eigenvalue weighted by Gasteiger charge is -2.12. The third-order valence-electron chi connectivity index (χ3n) is 2.74. The number of nitro groups is 1. The minimum absolute atomic E-state index is 0.0549. The van der Waals surface area contributed by atoms with Crippen molar-refractivity contribution in [3.63, 3.8) is 0 Å². The molecule has 104 valence electrons. The molecule has 20 heavy (non-hydrogen) atoms. The van der Waals surface area contributed by atoms with E-state index < -0.39 is 10.8 Å². The zero-order valence-electron chi connectivity index (χ0n) is 10.5. The van der Waals surface area contributed by atoms with Gasteiger partial charge in [0.15, 0.2) is 0 Å². The molecule has 0 aliphatic rings. The highest BCUT2D eigenvalue weighted by Crippen LogP contribution is 2.28. The summed E-state index contributed by atoms with van der Waals surface area (Å²) < 4.78 is 5.17. The number of carbonyl (C=O) groups excluding carboxylic acids is 1. The Kier molecular flexibility index (Phi) is 4.05. The Bertz CT molecular complexity index is 640. The van der Waals surface area contributed by atoms with Gasteiger partial charge in [0.25, 0.3) is 11.6 Å². The van der Waals surface area contributed by atoms with E-state index in [0.29, 0.717) is 5.76 Å². The number of nitro benzene ring substituents is 1. The quantitative estimate of drug-likeness (QED) is 0.692. The van der Waals surface area contributed by atoms with Crippen LogP contribution in [0.5, 0.6) is 0 Å². The van der Waals surface area contributed by atoms with E-state index >= 15 is 0 Å². The van der Waals surface area contributed by atoms with Crippen LogP contribution < -0.4 is 5.32 Å². The molecule has 6 nitrogen and oxygen atoms in total. The molecule has 0 fully saturated rings. The minimum Gasteiger partial charge on any atom is -0.467 e. The Morgan fingerprint density at radius 3 is 2.75 bits per heavy atom. The number of carbonyl (C=O) groups is 1. The smallest absolute Gasteiger partial charge is 0.288 e. The van der Waals surface area contributed by atoms with Crippen molar-refractivity contribution in [1.82, 2.24) is 5.32 Å². The molecule has 1 aromatic carbocycles. The predicted octanol–water partition coefficient (Wildman–Crippen LogP) is 3.33. The maximum Gasteiger partial charge on any atom is 0.288 e. The number of nitrogens with one attached hydrogen (secondary N) is 1. The molecule has 1 heterocycles. The second kappa shape index (κ2) is 5.75. The normalized spacial score (nSPS) is 11.9. The Hall–Kier alpha value is -2.34. The van der Waals surface area contributed by atoms with Gasteiger partial charge in [-0.05, 0) is 25.1 Å². The van der Waals surface area contributed by atoms with Crippen molar-refractivity contribution < 1.29 is 14.1 Å². The number of hydrogen-bond donors (Lipinski definition) is 1. The van der Waals surface area contributed by atoms with Crippen LogP contribution in [0.2, 0.25) is 5.02 Å². The van der Waals surface area contributed by atoms with Crippen molar-refractivity contribution in [2.75, 3.05) is 0 Å². The summed E-state index contributed by atoms with van der Waals surface area (Å²) in [4.78, 5) is 22.2. The van der Waals surface area contributed by atoms with E-state index in [4.69, 9.17) is 16.0 Å². The van der Waals surface area contributed by atoms with Gasteiger partial charge in [0.2, 0.25) is 0 Å². The fourth-order valence-electron chi connectivity index (χ4n) is 1.72. The summed E-state index contributed by atoms with van der Waals surface area (Å²) in [6, 6.07) is 7.15. The lowest BCUT2D eigenvalue weighted by molar-refractivity contribution is -0.384. The highest BCUT2D eigenvalue weighted by atomic mass is 35.5. The Labute approximate surface area is 119 Å². The largest absolute Gasteiger partial charge is 0.467 e. The summed E-state index contributed by atoms with van der Waals surface area (Å²) >= 11 is 5.88. The van der Waals surface area contributed by atoms with Gasteiger partial charge < -0.3 is 9.73 Å². The highest BCUT2D eigenvalue weighted by Gasteiger charge is 2.21. The van der Waals surface area contributed by atoms with Gasteiger partial charge in [0, 0.05) is 6.07 Å². The fraction of sp³-hybridized carbons (Fsp3) is 0.154. The molecule has 0 aliphatic heterocycles. The number of rotatable bonds is 4. The van der Waals surface area contributed by atoms with E-state index in [1.807, 2.05) is 0 Å². The van der Waals surface area contributed by atoms with E-state index in [-0.39, 0.29) is 22.3 Å². The molecule has 1 N–H and O–H groups in total. The Morgan fingerprint density at radius 2 is 2.15 bits per heavy atom. The third-order valence-corrected chi connectivity index (χ3v) is 3.13. The Balaban J connectivity index is 2.22. The SMILES string of the molecule is CC(NC(=O)c1cccc([N+](=O)[O-])c1Cl)c1ccco1. The van der Waals surface area contributed by atoms with Crippen LogP contribution in [0.4, 0.5) is 5.69 Å². The summed E-state index contributed by atoms with van der Waals surface area (Å²) in [6.07, 6.45) is 1.50. The molecule has 0 saturated carbocycles. The van der Waals surface area contributed by atoms with E-state index in [1.54, 1.807) is 19.1 Å². The maximum atomic E-state index is 12.1. The Morgan fingerprint density at radius 1 is 1.40 bits per heavy atom. The summed E-state index contributed by atoms with van der Waals surface area (Å²) in [5, 5.41) is 13.3. The number of benzene rings is 1. The van der Waals surface area contributed by atoms with Crippen LogP contribution in [0.15, 0.2) is 41.0 Å². The van der Waals surface area contributed by atoms with Crippen molar-refractivity contribution in [3.8, 4) is 0 Å². The number of hydrogen-bond acceptors (Lipinski definition) is 4. The van der Waals surface area contributed by atoms with E-state index in [1.165, 1.54) is 24.5 Å². The summed E-state index contributed by atoms with van der Waals surface area (Å²) in [6.45, 7) is 1.74. The lowest BCUT2D eigenvalue weighted by Crippen LogP contribution is -2.26. The predicted molar refractivity (Wildman–Crippen MR) is 72.7 cm³/mol. The zero-order valence-corrected chi connectivity index (χ0v) is 11.3. The summed E-state index contributed by atoms with van der Waals surface area (Å²) in [5.41, 5.74) is -0.246. The molecule has 1 aromatic heterocycles. The van der Waals surface area contributed by atoms with Crippen molar-refractivity contribution in [2.24, 2.45) is 0 Å². The molecule has 0 bridgehead atoms. The van der Waals surface area contributed by atoms with Crippen molar-refractivity contribution in [3.05, 3.63) is 63.1 Å². The first-order valence-corrected chi connectivity index (χ1v) is 6.15. The fourth-order valence-corrected chi connectivity index (χ4v) is 2.00. The van der Waals surface area contributed by atoms with E-state index in [2.05, 4.69) is 5.32 Å². The van der Waals surface area contributed by atoms with Gasteiger partial charge in [-0.25, -0.2) is 0 Å². The first-order chi connectivity index (χ1) is 9.50. The highest BCUT2D eigenvalue weighted by molar-refractivity contribution is 6.35. The van der Waals surface area contributed by atoms with E-state index in [0.717, 1.165) is 0 Å². The summed E-state index contributed by atoms with van der Waals surface area (Å²) in [7, 11) is 0. The second-order valence-electron chi connectivity index (χ2n) is 4.11. The van der Waals surface area contributed by atoms with Gasteiger partial charge in [-0.3, -0.25) is 14.9 Å². The number of nitrogens with zero attached hydrogens (tertiary/aromatic N) is 1. The molecule has 1 amide bonds.